The Morgan fingerprint density at radius 1 is 1.20 bits per heavy atom. The molecule has 2 heteroatoms. The smallest absolute Gasteiger partial charge is 0.119 e. The Kier molecular flexibility index (Phi) is 3.27. The molecule has 2 nitrogen and oxygen atoms in total. The number of benzene rings is 1. The van der Waals surface area contributed by atoms with Crippen LogP contribution in [0.4, 0.5) is 0 Å². The van der Waals surface area contributed by atoms with E-state index in [1.54, 1.807) is 0 Å². The lowest BCUT2D eigenvalue weighted by Crippen LogP contribution is -2.36. The molecule has 0 radical (unpaired) electrons. The Hall–Kier alpha value is -1.02. The van der Waals surface area contributed by atoms with E-state index in [0.717, 1.165) is 5.75 Å². The highest BCUT2D eigenvalue weighted by molar-refractivity contribution is 5.26. The molecule has 0 bridgehead atoms. The van der Waals surface area contributed by atoms with Gasteiger partial charge in [-0.1, -0.05) is 17.7 Å². The molecule has 0 aliphatic heterocycles. The van der Waals surface area contributed by atoms with Gasteiger partial charge in [0.2, 0.25) is 0 Å². The largest absolute Gasteiger partial charge is 0.489 e. The quantitative estimate of drug-likeness (QED) is 0.818. The van der Waals surface area contributed by atoms with Gasteiger partial charge in [-0.2, -0.15) is 0 Å². The van der Waals surface area contributed by atoms with Crippen LogP contribution < -0.4 is 10.1 Å². The fourth-order valence-corrected chi connectivity index (χ4v) is 2.19. The number of hydrogen-bond donors (Lipinski definition) is 1. The Labute approximate surface area is 91.6 Å². The molecule has 1 aromatic carbocycles. The SMILES string of the molecule is CNC1CCCC1Oc1ccc(C)cc1. The van der Waals surface area contributed by atoms with Crippen LogP contribution in [0.3, 0.4) is 0 Å². The second-order valence-electron chi connectivity index (χ2n) is 4.30. The molecule has 1 aliphatic carbocycles. The van der Waals surface area contributed by atoms with Crippen molar-refractivity contribution in [1.82, 2.24) is 5.32 Å². The molecule has 0 amide bonds. The number of hydrogen-bond acceptors (Lipinski definition) is 2. The summed E-state index contributed by atoms with van der Waals surface area (Å²) in [7, 11) is 2.02. The van der Waals surface area contributed by atoms with E-state index in [1.807, 2.05) is 7.05 Å². The van der Waals surface area contributed by atoms with Crippen LogP contribution in [-0.4, -0.2) is 19.2 Å². The van der Waals surface area contributed by atoms with Crippen LogP contribution in [-0.2, 0) is 0 Å². The summed E-state index contributed by atoms with van der Waals surface area (Å²) in [5, 5.41) is 3.32. The molecule has 2 rings (SSSR count). The average Bonchev–Trinajstić information content (AvgIpc) is 2.69. The minimum absolute atomic E-state index is 0.345. The molecule has 15 heavy (non-hydrogen) atoms. The summed E-state index contributed by atoms with van der Waals surface area (Å²) in [6.45, 7) is 2.09. The lowest BCUT2D eigenvalue weighted by molar-refractivity contribution is 0.179. The second kappa shape index (κ2) is 4.67. The van der Waals surface area contributed by atoms with Gasteiger partial charge in [-0.25, -0.2) is 0 Å². The van der Waals surface area contributed by atoms with E-state index < -0.39 is 0 Å². The highest BCUT2D eigenvalue weighted by Gasteiger charge is 2.27. The van der Waals surface area contributed by atoms with E-state index >= 15 is 0 Å². The predicted molar refractivity (Wildman–Crippen MR) is 62.3 cm³/mol. The number of likely N-dealkylation sites (N-methyl/N-ethyl adjacent to an activating group) is 1. The van der Waals surface area contributed by atoms with Crippen molar-refractivity contribution in [3.63, 3.8) is 0 Å². The maximum Gasteiger partial charge on any atom is 0.119 e. The first-order chi connectivity index (χ1) is 7.29. The summed E-state index contributed by atoms with van der Waals surface area (Å²) in [6.07, 6.45) is 4.01. The molecule has 1 aliphatic rings. The first-order valence-electron chi connectivity index (χ1n) is 5.70. The number of aryl methyl sites for hydroxylation is 1. The van der Waals surface area contributed by atoms with Gasteiger partial charge in [0.15, 0.2) is 0 Å². The molecule has 1 N–H and O–H groups in total. The summed E-state index contributed by atoms with van der Waals surface area (Å²) in [6, 6.07) is 8.82. The Bertz CT molecular complexity index is 307. The molecule has 2 unspecified atom stereocenters. The third-order valence-corrected chi connectivity index (χ3v) is 3.13. The van der Waals surface area contributed by atoms with Crippen LogP contribution in [0.15, 0.2) is 24.3 Å². The van der Waals surface area contributed by atoms with Crippen molar-refractivity contribution in [3.05, 3.63) is 29.8 Å². The standard InChI is InChI=1S/C13H19NO/c1-10-6-8-11(9-7-10)15-13-5-3-4-12(13)14-2/h6-9,12-14H,3-5H2,1-2H3. The van der Waals surface area contributed by atoms with Gasteiger partial charge in [-0.05, 0) is 45.4 Å². The second-order valence-corrected chi connectivity index (χ2v) is 4.30. The van der Waals surface area contributed by atoms with Gasteiger partial charge >= 0.3 is 0 Å². The molecule has 82 valence electrons. The molecule has 0 aromatic heterocycles. The van der Waals surface area contributed by atoms with Gasteiger partial charge in [0.25, 0.3) is 0 Å². The van der Waals surface area contributed by atoms with Gasteiger partial charge in [0.05, 0.1) is 0 Å². The molecular formula is C13H19NO. The lowest BCUT2D eigenvalue weighted by atomic mass is 10.2. The topological polar surface area (TPSA) is 21.3 Å². The number of nitrogens with one attached hydrogen (secondary N) is 1. The monoisotopic (exact) mass is 205 g/mol. The van der Waals surface area contributed by atoms with Gasteiger partial charge in [-0.3, -0.25) is 0 Å². The summed E-state index contributed by atoms with van der Waals surface area (Å²) >= 11 is 0. The molecule has 2 atom stereocenters. The van der Waals surface area contributed by atoms with Crippen molar-refractivity contribution in [2.45, 2.75) is 38.3 Å². The van der Waals surface area contributed by atoms with E-state index in [1.165, 1.54) is 24.8 Å². The number of ether oxygens (including phenoxy) is 1. The average molecular weight is 205 g/mol. The van der Waals surface area contributed by atoms with Crippen molar-refractivity contribution in [2.75, 3.05) is 7.05 Å². The van der Waals surface area contributed by atoms with Gasteiger partial charge in [0, 0.05) is 6.04 Å². The molecule has 0 heterocycles. The Morgan fingerprint density at radius 3 is 2.60 bits per heavy atom. The van der Waals surface area contributed by atoms with Crippen molar-refractivity contribution in [3.8, 4) is 5.75 Å². The zero-order valence-corrected chi connectivity index (χ0v) is 9.49. The Morgan fingerprint density at radius 2 is 1.93 bits per heavy atom. The van der Waals surface area contributed by atoms with Crippen LogP contribution in [0.1, 0.15) is 24.8 Å². The van der Waals surface area contributed by atoms with Gasteiger partial charge in [-0.15, -0.1) is 0 Å². The minimum atomic E-state index is 0.345. The maximum atomic E-state index is 5.97. The summed E-state index contributed by atoms with van der Waals surface area (Å²) in [5.41, 5.74) is 1.28. The van der Waals surface area contributed by atoms with E-state index in [0.29, 0.717) is 12.1 Å². The van der Waals surface area contributed by atoms with Crippen molar-refractivity contribution >= 4 is 0 Å². The third kappa shape index (κ3) is 2.51. The zero-order chi connectivity index (χ0) is 10.7. The molecule has 1 saturated carbocycles. The first kappa shape index (κ1) is 10.5. The molecular weight excluding hydrogens is 186 g/mol. The summed E-state index contributed by atoms with van der Waals surface area (Å²) in [4.78, 5) is 0. The fraction of sp³-hybridized carbons (Fsp3) is 0.538. The Balaban J connectivity index is 1.99. The van der Waals surface area contributed by atoms with Gasteiger partial charge in [0.1, 0.15) is 11.9 Å². The summed E-state index contributed by atoms with van der Waals surface area (Å²) in [5.74, 6) is 0.993. The normalized spacial score (nSPS) is 25.5. The predicted octanol–water partition coefficient (Wildman–Crippen LogP) is 2.51. The van der Waals surface area contributed by atoms with E-state index in [-0.39, 0.29) is 0 Å². The molecule has 0 spiro atoms. The summed E-state index contributed by atoms with van der Waals surface area (Å²) < 4.78 is 5.97. The maximum absolute atomic E-state index is 5.97. The lowest BCUT2D eigenvalue weighted by Gasteiger charge is -2.20. The van der Waals surface area contributed by atoms with E-state index in [2.05, 4.69) is 36.5 Å². The highest BCUT2D eigenvalue weighted by Crippen LogP contribution is 2.24. The van der Waals surface area contributed by atoms with Crippen LogP contribution in [0.5, 0.6) is 5.75 Å². The van der Waals surface area contributed by atoms with Crippen LogP contribution in [0.2, 0.25) is 0 Å². The molecule has 1 fully saturated rings. The van der Waals surface area contributed by atoms with Crippen LogP contribution in [0.25, 0.3) is 0 Å². The minimum Gasteiger partial charge on any atom is -0.489 e. The van der Waals surface area contributed by atoms with Crippen LogP contribution in [0, 0.1) is 6.92 Å². The molecule has 0 saturated heterocycles. The van der Waals surface area contributed by atoms with E-state index in [9.17, 15) is 0 Å². The van der Waals surface area contributed by atoms with Crippen molar-refractivity contribution in [1.29, 1.82) is 0 Å². The van der Waals surface area contributed by atoms with E-state index in [4.69, 9.17) is 4.74 Å². The van der Waals surface area contributed by atoms with Crippen molar-refractivity contribution < 1.29 is 4.74 Å². The van der Waals surface area contributed by atoms with Crippen molar-refractivity contribution in [2.24, 2.45) is 0 Å². The highest BCUT2D eigenvalue weighted by atomic mass is 16.5. The third-order valence-electron chi connectivity index (χ3n) is 3.13. The van der Waals surface area contributed by atoms with Gasteiger partial charge < -0.3 is 10.1 Å². The number of rotatable bonds is 3. The molecule has 1 aromatic rings. The van der Waals surface area contributed by atoms with Crippen LogP contribution >= 0.6 is 0 Å². The first-order valence-corrected chi connectivity index (χ1v) is 5.70. The fourth-order valence-electron chi connectivity index (χ4n) is 2.19. The zero-order valence-electron chi connectivity index (χ0n) is 9.49.